The third-order valence-corrected chi connectivity index (χ3v) is 5.38. The zero-order valence-electron chi connectivity index (χ0n) is 15.3. The SMILES string of the molecule is COc1c2c(cc3c1[C@@H](C/C(=N\O)c1ccc(F)cc1)[NH+](C)CC3)OCO2. The van der Waals surface area contributed by atoms with Gasteiger partial charge in [0.2, 0.25) is 12.5 Å². The molecule has 0 saturated heterocycles. The van der Waals surface area contributed by atoms with Crippen molar-refractivity contribution in [3.8, 4) is 17.2 Å². The number of methoxy groups -OCH3 is 1. The number of quaternary nitrogens is 1. The summed E-state index contributed by atoms with van der Waals surface area (Å²) in [6.07, 6.45) is 1.38. The van der Waals surface area contributed by atoms with Crippen molar-refractivity contribution in [1.82, 2.24) is 0 Å². The Morgan fingerprint density at radius 1 is 1.33 bits per heavy atom. The maximum atomic E-state index is 13.2. The predicted octanol–water partition coefficient (Wildman–Crippen LogP) is 1.94. The van der Waals surface area contributed by atoms with Crippen LogP contribution in [-0.2, 0) is 6.42 Å². The Hall–Kier alpha value is -2.80. The molecule has 7 heteroatoms. The normalized spacial score (nSPS) is 21.1. The van der Waals surface area contributed by atoms with E-state index in [1.165, 1.54) is 17.0 Å². The molecule has 0 radical (unpaired) electrons. The first-order valence-electron chi connectivity index (χ1n) is 8.91. The summed E-state index contributed by atoms with van der Waals surface area (Å²) in [6.45, 7) is 1.11. The zero-order chi connectivity index (χ0) is 19.0. The highest BCUT2D eigenvalue weighted by Crippen LogP contribution is 2.47. The summed E-state index contributed by atoms with van der Waals surface area (Å²) in [5, 5.41) is 13.1. The smallest absolute Gasteiger partial charge is 0.231 e. The molecule has 2 aromatic rings. The van der Waals surface area contributed by atoms with Crippen LogP contribution in [0.3, 0.4) is 0 Å². The second-order valence-electron chi connectivity index (χ2n) is 6.87. The highest BCUT2D eigenvalue weighted by atomic mass is 19.1. The number of likely N-dealkylation sites (N-methyl/N-ethyl adjacent to an activating group) is 1. The highest BCUT2D eigenvalue weighted by molar-refractivity contribution is 6.00. The summed E-state index contributed by atoms with van der Waals surface area (Å²) in [7, 11) is 3.73. The van der Waals surface area contributed by atoms with Gasteiger partial charge >= 0.3 is 0 Å². The molecule has 4 rings (SSSR count). The van der Waals surface area contributed by atoms with Gasteiger partial charge in [-0.1, -0.05) is 17.3 Å². The molecule has 0 aromatic heterocycles. The minimum Gasteiger partial charge on any atom is -0.492 e. The van der Waals surface area contributed by atoms with Crippen LogP contribution in [0.2, 0.25) is 0 Å². The molecule has 0 bridgehead atoms. The predicted molar refractivity (Wildman–Crippen MR) is 96.7 cm³/mol. The van der Waals surface area contributed by atoms with Gasteiger partial charge in [-0.05, 0) is 29.3 Å². The quantitative estimate of drug-likeness (QED) is 0.488. The lowest BCUT2D eigenvalue weighted by Gasteiger charge is -2.33. The van der Waals surface area contributed by atoms with Gasteiger partial charge in [0.15, 0.2) is 11.5 Å². The number of halogens is 1. The topological polar surface area (TPSA) is 64.7 Å². The van der Waals surface area contributed by atoms with Crippen LogP contribution in [0.4, 0.5) is 4.39 Å². The standard InChI is InChI=1S/C20H21FN2O4/c1-23-8-7-13-9-17-19(27-11-26-17)20(25-2)18(13)16(23)10-15(22-24)12-3-5-14(21)6-4-12/h3-6,9,16,24H,7-8,10-11H2,1-2H3/p+1/b22-15+/t16-/m1/s1. The van der Waals surface area contributed by atoms with Crippen molar-refractivity contribution in [1.29, 1.82) is 0 Å². The largest absolute Gasteiger partial charge is 0.492 e. The number of hydrogen-bond acceptors (Lipinski definition) is 5. The Bertz CT molecular complexity index is 883. The summed E-state index contributed by atoms with van der Waals surface area (Å²) >= 11 is 0. The summed E-state index contributed by atoms with van der Waals surface area (Å²) in [5.41, 5.74) is 3.40. The van der Waals surface area contributed by atoms with E-state index in [0.29, 0.717) is 34.9 Å². The fourth-order valence-electron chi connectivity index (χ4n) is 3.95. The van der Waals surface area contributed by atoms with E-state index in [1.54, 1.807) is 19.2 Å². The number of nitrogens with zero attached hydrogens (tertiary/aromatic N) is 1. The number of fused-ring (bicyclic) bond motifs is 2. The highest BCUT2D eigenvalue weighted by Gasteiger charge is 2.37. The van der Waals surface area contributed by atoms with E-state index in [-0.39, 0.29) is 18.7 Å². The van der Waals surface area contributed by atoms with E-state index in [9.17, 15) is 9.60 Å². The molecule has 2 aliphatic heterocycles. The van der Waals surface area contributed by atoms with E-state index < -0.39 is 0 Å². The molecule has 2 aliphatic rings. The van der Waals surface area contributed by atoms with Crippen LogP contribution in [0.25, 0.3) is 0 Å². The van der Waals surface area contributed by atoms with Gasteiger partial charge in [0, 0.05) is 6.42 Å². The molecular weight excluding hydrogens is 351 g/mol. The molecule has 27 heavy (non-hydrogen) atoms. The molecule has 0 amide bonds. The van der Waals surface area contributed by atoms with Gasteiger partial charge < -0.3 is 24.3 Å². The lowest BCUT2D eigenvalue weighted by atomic mass is 9.87. The fraction of sp³-hybridized carbons (Fsp3) is 0.350. The van der Waals surface area contributed by atoms with Crippen LogP contribution >= 0.6 is 0 Å². The Morgan fingerprint density at radius 2 is 2.11 bits per heavy atom. The molecule has 0 fully saturated rings. The average Bonchev–Trinajstić information content (AvgIpc) is 3.15. The van der Waals surface area contributed by atoms with Gasteiger partial charge in [0.25, 0.3) is 0 Å². The van der Waals surface area contributed by atoms with Gasteiger partial charge in [-0.3, -0.25) is 0 Å². The summed E-state index contributed by atoms with van der Waals surface area (Å²) in [4.78, 5) is 1.28. The molecule has 1 unspecified atom stereocenters. The van der Waals surface area contributed by atoms with Gasteiger partial charge in [0.05, 0.1) is 38.4 Å². The Balaban J connectivity index is 1.75. The number of nitrogens with one attached hydrogen (secondary N) is 1. The number of rotatable bonds is 4. The lowest BCUT2D eigenvalue weighted by molar-refractivity contribution is -0.913. The molecule has 6 nitrogen and oxygen atoms in total. The van der Waals surface area contributed by atoms with E-state index in [1.807, 2.05) is 6.07 Å². The van der Waals surface area contributed by atoms with Crippen LogP contribution in [0.15, 0.2) is 35.5 Å². The van der Waals surface area contributed by atoms with Crippen molar-refractivity contribution in [3.05, 3.63) is 52.8 Å². The fourth-order valence-corrected chi connectivity index (χ4v) is 3.95. The van der Waals surface area contributed by atoms with Crippen LogP contribution < -0.4 is 19.1 Å². The van der Waals surface area contributed by atoms with E-state index >= 15 is 0 Å². The van der Waals surface area contributed by atoms with Gasteiger partial charge in [0.1, 0.15) is 11.9 Å². The number of hydrogen-bond donors (Lipinski definition) is 2. The van der Waals surface area contributed by atoms with E-state index in [2.05, 4.69) is 12.2 Å². The number of ether oxygens (including phenoxy) is 3. The molecular formula is C20H22FN2O4+. The monoisotopic (exact) mass is 373 g/mol. The molecule has 0 saturated carbocycles. The Kier molecular flexibility index (Phi) is 4.61. The maximum absolute atomic E-state index is 13.2. The molecule has 2 heterocycles. The van der Waals surface area contributed by atoms with Gasteiger partial charge in [-0.2, -0.15) is 0 Å². The molecule has 142 valence electrons. The first-order valence-corrected chi connectivity index (χ1v) is 8.91. The lowest BCUT2D eigenvalue weighted by Crippen LogP contribution is -3.10. The van der Waals surface area contributed by atoms with Gasteiger partial charge in [-0.15, -0.1) is 0 Å². The van der Waals surface area contributed by atoms with Crippen LogP contribution in [0.1, 0.15) is 29.2 Å². The molecule has 0 aliphatic carbocycles. The van der Waals surface area contributed by atoms with Crippen molar-refractivity contribution in [3.63, 3.8) is 0 Å². The third kappa shape index (κ3) is 3.08. The van der Waals surface area contributed by atoms with Crippen molar-refractivity contribution < 1.29 is 28.7 Å². The second kappa shape index (κ2) is 7.08. The van der Waals surface area contributed by atoms with Gasteiger partial charge in [-0.25, -0.2) is 4.39 Å². The number of benzene rings is 2. The molecule has 2 atom stereocenters. The summed E-state index contributed by atoms with van der Waals surface area (Å²) in [6, 6.07) is 8.01. The first-order chi connectivity index (χ1) is 13.1. The Morgan fingerprint density at radius 3 is 2.81 bits per heavy atom. The minimum atomic E-state index is -0.323. The number of oxime groups is 1. The maximum Gasteiger partial charge on any atom is 0.231 e. The van der Waals surface area contributed by atoms with Crippen molar-refractivity contribution in [2.24, 2.45) is 5.16 Å². The first kappa shape index (κ1) is 17.6. The summed E-state index contributed by atoms with van der Waals surface area (Å²) < 4.78 is 30.1. The third-order valence-electron chi connectivity index (χ3n) is 5.38. The average molecular weight is 373 g/mol. The Labute approximate surface area is 156 Å². The van der Waals surface area contributed by atoms with Crippen LogP contribution in [0.5, 0.6) is 17.2 Å². The van der Waals surface area contributed by atoms with E-state index in [0.717, 1.165) is 24.1 Å². The molecule has 2 N–H and O–H groups in total. The van der Waals surface area contributed by atoms with Crippen molar-refractivity contribution >= 4 is 5.71 Å². The molecule has 2 aromatic carbocycles. The zero-order valence-corrected chi connectivity index (χ0v) is 15.3. The van der Waals surface area contributed by atoms with E-state index in [4.69, 9.17) is 14.2 Å². The molecule has 0 spiro atoms. The van der Waals surface area contributed by atoms with Crippen LogP contribution in [-0.4, -0.2) is 38.4 Å². The van der Waals surface area contributed by atoms with Crippen molar-refractivity contribution in [2.45, 2.75) is 18.9 Å². The second-order valence-corrected chi connectivity index (χ2v) is 6.87. The van der Waals surface area contributed by atoms with Crippen LogP contribution in [0, 0.1) is 5.82 Å². The summed E-state index contributed by atoms with van der Waals surface area (Å²) in [5.74, 6) is 1.69. The van der Waals surface area contributed by atoms with Crippen molar-refractivity contribution in [2.75, 3.05) is 27.5 Å². The minimum absolute atomic E-state index is 0.00848.